The molecular weight excluding hydrogens is 258 g/mol. The van der Waals surface area contributed by atoms with Gasteiger partial charge in [-0.25, -0.2) is 0 Å². The fourth-order valence-electron chi connectivity index (χ4n) is 1.93. The fourth-order valence-corrected chi connectivity index (χ4v) is 1.93. The Balaban J connectivity index is 2.24. The van der Waals surface area contributed by atoms with Crippen molar-refractivity contribution in [3.8, 4) is 5.75 Å². The second kappa shape index (κ2) is 5.40. The topological polar surface area (TPSA) is 75.9 Å². The van der Waals surface area contributed by atoms with Crippen LogP contribution in [0.4, 0.5) is 11.4 Å². The number of hydrogen-bond donors (Lipinski definition) is 1. The van der Waals surface area contributed by atoms with E-state index in [1.54, 1.807) is 30.1 Å². The van der Waals surface area contributed by atoms with E-state index in [0.717, 1.165) is 0 Å². The van der Waals surface area contributed by atoms with Crippen LogP contribution in [0.15, 0.2) is 18.2 Å². The van der Waals surface area contributed by atoms with Gasteiger partial charge in [-0.3, -0.25) is 14.5 Å². The molecule has 6 heteroatoms. The van der Waals surface area contributed by atoms with E-state index in [0.29, 0.717) is 17.1 Å². The van der Waals surface area contributed by atoms with Crippen LogP contribution in [0.3, 0.4) is 0 Å². The number of benzene rings is 1. The number of nitrogens with zero attached hydrogens (tertiary/aromatic N) is 2. The highest BCUT2D eigenvalue weighted by Gasteiger charge is 2.28. The summed E-state index contributed by atoms with van der Waals surface area (Å²) >= 11 is 0. The molecule has 0 saturated carbocycles. The lowest BCUT2D eigenvalue weighted by molar-refractivity contribution is -0.132. The molecular formula is C14H19N3O3. The molecule has 1 aromatic rings. The van der Waals surface area contributed by atoms with Gasteiger partial charge in [0, 0.05) is 24.8 Å². The van der Waals surface area contributed by atoms with Crippen LogP contribution >= 0.6 is 0 Å². The van der Waals surface area contributed by atoms with E-state index in [2.05, 4.69) is 0 Å². The highest BCUT2D eigenvalue weighted by molar-refractivity contribution is 6.02. The summed E-state index contributed by atoms with van der Waals surface area (Å²) in [6.45, 7) is 3.78. The molecule has 2 N–H and O–H groups in total. The summed E-state index contributed by atoms with van der Waals surface area (Å²) in [5.41, 5.74) is 6.84. The normalized spacial score (nSPS) is 14.0. The van der Waals surface area contributed by atoms with Crippen molar-refractivity contribution in [2.75, 3.05) is 30.8 Å². The number of fused-ring (bicyclic) bond motifs is 1. The van der Waals surface area contributed by atoms with E-state index < -0.39 is 0 Å². The standard InChI is InChI=1S/C14H19N3O3/c1-9(2)16(3)13(18)7-17-11-5-4-10(15)6-12(11)20-8-14(17)19/h4-6,9H,7-8,15H2,1-3H3. The second-order valence-electron chi connectivity index (χ2n) is 5.09. The third kappa shape index (κ3) is 2.68. The first-order valence-corrected chi connectivity index (χ1v) is 6.48. The molecule has 2 amide bonds. The lowest BCUT2D eigenvalue weighted by Gasteiger charge is -2.31. The van der Waals surface area contributed by atoms with Crippen molar-refractivity contribution in [1.82, 2.24) is 4.90 Å². The van der Waals surface area contributed by atoms with Gasteiger partial charge in [-0.15, -0.1) is 0 Å². The van der Waals surface area contributed by atoms with Gasteiger partial charge in [-0.2, -0.15) is 0 Å². The third-order valence-electron chi connectivity index (χ3n) is 3.39. The fraction of sp³-hybridized carbons (Fsp3) is 0.429. The van der Waals surface area contributed by atoms with Crippen molar-refractivity contribution < 1.29 is 14.3 Å². The minimum atomic E-state index is -0.229. The molecule has 1 aromatic carbocycles. The number of amides is 2. The van der Waals surface area contributed by atoms with Crippen LogP contribution in [0.5, 0.6) is 5.75 Å². The van der Waals surface area contributed by atoms with Crippen molar-refractivity contribution in [3.05, 3.63) is 18.2 Å². The molecule has 0 saturated heterocycles. The van der Waals surface area contributed by atoms with Crippen molar-refractivity contribution in [2.45, 2.75) is 19.9 Å². The molecule has 0 atom stereocenters. The van der Waals surface area contributed by atoms with Crippen molar-refractivity contribution >= 4 is 23.2 Å². The number of rotatable bonds is 3. The van der Waals surface area contributed by atoms with Gasteiger partial charge >= 0.3 is 0 Å². The molecule has 1 aliphatic rings. The average molecular weight is 277 g/mol. The van der Waals surface area contributed by atoms with Crippen molar-refractivity contribution in [1.29, 1.82) is 0 Å². The van der Waals surface area contributed by atoms with Crippen LogP contribution in [0.25, 0.3) is 0 Å². The average Bonchev–Trinajstić information content (AvgIpc) is 2.40. The molecule has 0 aromatic heterocycles. The maximum atomic E-state index is 12.1. The van der Waals surface area contributed by atoms with Gasteiger partial charge < -0.3 is 15.4 Å². The molecule has 2 rings (SSSR count). The summed E-state index contributed by atoms with van der Waals surface area (Å²) in [6, 6.07) is 5.13. The summed E-state index contributed by atoms with van der Waals surface area (Å²) in [7, 11) is 1.72. The largest absolute Gasteiger partial charge is 0.481 e. The zero-order chi connectivity index (χ0) is 14.9. The van der Waals surface area contributed by atoms with E-state index in [1.807, 2.05) is 13.8 Å². The van der Waals surface area contributed by atoms with Crippen LogP contribution in [-0.2, 0) is 9.59 Å². The Morgan fingerprint density at radius 3 is 2.85 bits per heavy atom. The van der Waals surface area contributed by atoms with Crippen LogP contribution in [0.1, 0.15) is 13.8 Å². The first-order valence-electron chi connectivity index (χ1n) is 6.48. The number of nitrogens with two attached hydrogens (primary N) is 1. The Morgan fingerprint density at radius 2 is 2.20 bits per heavy atom. The predicted octanol–water partition coefficient (Wildman–Crippen LogP) is 0.861. The molecule has 20 heavy (non-hydrogen) atoms. The van der Waals surface area contributed by atoms with Gasteiger partial charge in [-0.05, 0) is 26.0 Å². The van der Waals surface area contributed by atoms with Crippen molar-refractivity contribution in [3.63, 3.8) is 0 Å². The second-order valence-corrected chi connectivity index (χ2v) is 5.09. The zero-order valence-corrected chi connectivity index (χ0v) is 11.9. The van der Waals surface area contributed by atoms with Crippen LogP contribution in [0.2, 0.25) is 0 Å². The summed E-state index contributed by atoms with van der Waals surface area (Å²) in [5, 5.41) is 0. The molecule has 0 bridgehead atoms. The Kier molecular flexibility index (Phi) is 3.83. The van der Waals surface area contributed by atoms with Crippen molar-refractivity contribution in [2.24, 2.45) is 0 Å². The summed E-state index contributed by atoms with van der Waals surface area (Å²) in [5.74, 6) is 0.190. The lowest BCUT2D eigenvalue weighted by Crippen LogP contribution is -2.47. The van der Waals surface area contributed by atoms with Gasteiger partial charge in [0.25, 0.3) is 5.91 Å². The third-order valence-corrected chi connectivity index (χ3v) is 3.39. The summed E-state index contributed by atoms with van der Waals surface area (Å²) in [4.78, 5) is 27.2. The number of nitrogen functional groups attached to an aromatic ring is 1. The number of carbonyl (C=O) groups excluding carboxylic acids is 2. The lowest BCUT2D eigenvalue weighted by atomic mass is 10.2. The minimum absolute atomic E-state index is 0.00773. The van der Waals surface area contributed by atoms with E-state index in [1.165, 1.54) is 4.90 Å². The summed E-state index contributed by atoms with van der Waals surface area (Å²) in [6.07, 6.45) is 0. The van der Waals surface area contributed by atoms with E-state index in [4.69, 9.17) is 10.5 Å². The minimum Gasteiger partial charge on any atom is -0.481 e. The van der Waals surface area contributed by atoms with Gasteiger partial charge in [-0.1, -0.05) is 0 Å². The molecule has 0 unspecified atom stereocenters. The molecule has 1 aliphatic heterocycles. The van der Waals surface area contributed by atoms with Crippen LogP contribution in [-0.4, -0.2) is 43.0 Å². The van der Waals surface area contributed by atoms with Gasteiger partial charge in [0.2, 0.25) is 5.91 Å². The highest BCUT2D eigenvalue weighted by atomic mass is 16.5. The first kappa shape index (κ1) is 14.2. The zero-order valence-electron chi connectivity index (χ0n) is 11.9. The van der Waals surface area contributed by atoms with Gasteiger partial charge in [0.1, 0.15) is 12.3 Å². The molecule has 0 spiro atoms. The van der Waals surface area contributed by atoms with Crippen LogP contribution < -0.4 is 15.4 Å². The first-order chi connectivity index (χ1) is 9.40. The molecule has 1 heterocycles. The molecule has 0 fully saturated rings. The number of carbonyl (C=O) groups is 2. The van der Waals surface area contributed by atoms with E-state index in [9.17, 15) is 9.59 Å². The highest BCUT2D eigenvalue weighted by Crippen LogP contribution is 2.33. The number of hydrogen-bond acceptors (Lipinski definition) is 4. The smallest absolute Gasteiger partial charge is 0.265 e. The number of likely N-dealkylation sites (N-methyl/N-ethyl adjacent to an activating group) is 1. The number of anilines is 2. The quantitative estimate of drug-likeness (QED) is 0.831. The summed E-state index contributed by atoms with van der Waals surface area (Å²) < 4.78 is 5.34. The number of ether oxygens (including phenoxy) is 1. The Hall–Kier alpha value is -2.24. The van der Waals surface area contributed by atoms with Gasteiger partial charge in [0.15, 0.2) is 6.61 Å². The maximum absolute atomic E-state index is 12.1. The SMILES string of the molecule is CC(C)N(C)C(=O)CN1C(=O)COc2cc(N)ccc21. The Bertz CT molecular complexity index is 542. The van der Waals surface area contributed by atoms with E-state index in [-0.39, 0.29) is 31.0 Å². The maximum Gasteiger partial charge on any atom is 0.265 e. The molecule has 0 aliphatic carbocycles. The molecule has 6 nitrogen and oxygen atoms in total. The molecule has 0 radical (unpaired) electrons. The Labute approximate surface area is 118 Å². The van der Waals surface area contributed by atoms with E-state index >= 15 is 0 Å². The molecule has 108 valence electrons. The van der Waals surface area contributed by atoms with Crippen LogP contribution in [0, 0.1) is 0 Å². The monoisotopic (exact) mass is 277 g/mol. The predicted molar refractivity (Wildman–Crippen MR) is 76.6 cm³/mol. The Morgan fingerprint density at radius 1 is 1.50 bits per heavy atom. The van der Waals surface area contributed by atoms with Gasteiger partial charge in [0.05, 0.1) is 5.69 Å².